The first-order chi connectivity index (χ1) is 11.9. The summed E-state index contributed by atoms with van der Waals surface area (Å²) in [4.78, 5) is 0. The van der Waals surface area contributed by atoms with E-state index in [-0.39, 0.29) is 0 Å². The zero-order valence-electron chi connectivity index (χ0n) is 13.5. The van der Waals surface area contributed by atoms with Gasteiger partial charge in [0, 0.05) is 6.16 Å². The molecule has 0 radical (unpaired) electrons. The Hall–Kier alpha value is -2.31. The van der Waals surface area contributed by atoms with Gasteiger partial charge >= 0.3 is 0 Å². The summed E-state index contributed by atoms with van der Waals surface area (Å²) in [6.07, 6.45) is 2.97. The molecule has 0 amide bonds. The molecule has 0 spiro atoms. The van der Waals surface area contributed by atoms with Crippen LogP contribution in [0, 0.1) is 0 Å². The van der Waals surface area contributed by atoms with E-state index >= 15 is 0 Å². The minimum Gasteiger partial charge on any atom is -0.439 e. The van der Waals surface area contributed by atoms with Crippen molar-refractivity contribution in [2.75, 3.05) is 6.16 Å². The highest BCUT2D eigenvalue weighted by atomic mass is 31.2. The Morgan fingerprint density at radius 1 is 0.583 bits per heavy atom. The van der Waals surface area contributed by atoms with Crippen LogP contribution in [0.1, 0.15) is 12.0 Å². The third-order valence-electron chi connectivity index (χ3n) is 3.55. The predicted molar refractivity (Wildman–Crippen MR) is 101 cm³/mol. The molecule has 0 aliphatic rings. The zero-order valence-corrected chi connectivity index (χ0v) is 14.4. The number of rotatable bonds is 8. The normalized spacial score (nSPS) is 10.5. The third kappa shape index (κ3) is 5.40. The number of para-hydroxylation sites is 2. The van der Waals surface area contributed by atoms with Crippen molar-refractivity contribution < 1.29 is 9.05 Å². The molecule has 0 aliphatic carbocycles. The first-order valence-corrected chi connectivity index (χ1v) is 9.54. The molecule has 0 heterocycles. The number of benzene rings is 3. The van der Waals surface area contributed by atoms with Gasteiger partial charge in [-0.2, -0.15) is 0 Å². The van der Waals surface area contributed by atoms with Crippen LogP contribution in [-0.4, -0.2) is 6.16 Å². The summed E-state index contributed by atoms with van der Waals surface area (Å²) in [5.41, 5.74) is 1.35. The fourth-order valence-corrected chi connectivity index (χ4v) is 3.71. The number of aryl methyl sites for hydroxylation is 1. The van der Waals surface area contributed by atoms with Crippen molar-refractivity contribution in [2.24, 2.45) is 0 Å². The molecule has 0 saturated carbocycles. The van der Waals surface area contributed by atoms with E-state index in [1.807, 2.05) is 66.7 Å². The van der Waals surface area contributed by atoms with Crippen LogP contribution >= 0.6 is 8.38 Å². The molecular weight excluding hydrogens is 315 g/mol. The van der Waals surface area contributed by atoms with Gasteiger partial charge in [-0.15, -0.1) is 0 Å². The molecule has 3 rings (SSSR count). The number of hydrogen-bond donors (Lipinski definition) is 0. The summed E-state index contributed by atoms with van der Waals surface area (Å²) in [6, 6.07) is 30.3. The smallest absolute Gasteiger partial charge is 0.290 e. The van der Waals surface area contributed by atoms with E-state index in [9.17, 15) is 0 Å². The molecule has 3 aromatic rings. The van der Waals surface area contributed by atoms with Crippen LogP contribution in [0.25, 0.3) is 0 Å². The predicted octanol–water partition coefficient (Wildman–Crippen LogP) is 6.09. The Morgan fingerprint density at radius 3 is 1.54 bits per heavy atom. The molecule has 0 aromatic heterocycles. The second-order valence-corrected chi connectivity index (χ2v) is 6.93. The Morgan fingerprint density at radius 2 is 1.04 bits per heavy atom. The molecule has 3 heteroatoms. The van der Waals surface area contributed by atoms with Crippen LogP contribution < -0.4 is 9.05 Å². The van der Waals surface area contributed by atoms with E-state index in [4.69, 9.17) is 9.05 Å². The van der Waals surface area contributed by atoms with E-state index < -0.39 is 8.38 Å². The molecule has 0 fully saturated rings. The molecule has 0 unspecified atom stereocenters. The lowest BCUT2D eigenvalue weighted by molar-refractivity contribution is 0.487. The molecular formula is C21H21O2P. The van der Waals surface area contributed by atoms with E-state index in [0.717, 1.165) is 30.5 Å². The molecule has 0 atom stereocenters. The number of hydrogen-bond acceptors (Lipinski definition) is 2. The Balaban J connectivity index is 1.60. The van der Waals surface area contributed by atoms with Gasteiger partial charge in [0.15, 0.2) is 0 Å². The summed E-state index contributed by atoms with van der Waals surface area (Å²) in [7, 11) is -1.01. The highest BCUT2D eigenvalue weighted by Gasteiger charge is 2.14. The average molecular weight is 336 g/mol. The third-order valence-corrected chi connectivity index (χ3v) is 5.06. The van der Waals surface area contributed by atoms with E-state index in [1.54, 1.807) is 0 Å². The van der Waals surface area contributed by atoms with Crippen molar-refractivity contribution in [2.45, 2.75) is 12.8 Å². The fraction of sp³-hybridized carbons (Fsp3) is 0.143. The van der Waals surface area contributed by atoms with Gasteiger partial charge in [0.05, 0.1) is 0 Å². The minimum absolute atomic E-state index is 0.860. The summed E-state index contributed by atoms with van der Waals surface area (Å²) >= 11 is 0. The van der Waals surface area contributed by atoms with E-state index in [1.165, 1.54) is 5.56 Å². The van der Waals surface area contributed by atoms with Crippen molar-refractivity contribution in [1.29, 1.82) is 0 Å². The van der Waals surface area contributed by atoms with Crippen molar-refractivity contribution in [3.63, 3.8) is 0 Å². The lowest BCUT2D eigenvalue weighted by Crippen LogP contribution is -2.01. The maximum atomic E-state index is 6.10. The van der Waals surface area contributed by atoms with Gasteiger partial charge in [0.1, 0.15) is 11.5 Å². The van der Waals surface area contributed by atoms with Crippen LogP contribution in [-0.2, 0) is 6.42 Å². The zero-order chi connectivity index (χ0) is 16.5. The first-order valence-electron chi connectivity index (χ1n) is 8.18. The highest BCUT2D eigenvalue weighted by molar-refractivity contribution is 7.48. The van der Waals surface area contributed by atoms with Gasteiger partial charge in [0.25, 0.3) is 8.38 Å². The van der Waals surface area contributed by atoms with Gasteiger partial charge in [-0.3, -0.25) is 0 Å². The summed E-state index contributed by atoms with van der Waals surface area (Å²) in [6.45, 7) is 0. The van der Waals surface area contributed by atoms with Crippen molar-refractivity contribution in [3.05, 3.63) is 96.6 Å². The summed E-state index contributed by atoms with van der Waals surface area (Å²) in [5.74, 6) is 1.72. The Labute approximate surface area is 145 Å². The molecule has 0 bridgehead atoms. The van der Waals surface area contributed by atoms with E-state index in [0.29, 0.717) is 0 Å². The SMILES string of the molecule is c1ccc(CCCP(Oc2ccccc2)Oc2ccccc2)cc1. The Bertz CT molecular complexity index is 660. The molecule has 0 aliphatic heterocycles. The molecule has 122 valence electrons. The Kier molecular flexibility index (Phi) is 6.27. The molecule has 0 saturated heterocycles. The summed E-state index contributed by atoms with van der Waals surface area (Å²) < 4.78 is 12.2. The lowest BCUT2D eigenvalue weighted by atomic mass is 10.1. The fourth-order valence-electron chi connectivity index (χ4n) is 2.36. The van der Waals surface area contributed by atoms with Crippen molar-refractivity contribution in [1.82, 2.24) is 0 Å². The summed E-state index contributed by atoms with van der Waals surface area (Å²) in [5, 5.41) is 0. The molecule has 2 nitrogen and oxygen atoms in total. The van der Waals surface area contributed by atoms with Crippen molar-refractivity contribution in [3.8, 4) is 11.5 Å². The molecule has 3 aromatic carbocycles. The van der Waals surface area contributed by atoms with Crippen molar-refractivity contribution >= 4 is 8.38 Å². The largest absolute Gasteiger partial charge is 0.439 e. The topological polar surface area (TPSA) is 18.5 Å². The molecule has 0 N–H and O–H groups in total. The van der Waals surface area contributed by atoms with E-state index in [2.05, 4.69) is 24.3 Å². The van der Waals surface area contributed by atoms with Gasteiger partial charge in [-0.1, -0.05) is 66.7 Å². The van der Waals surface area contributed by atoms with Crippen LogP contribution in [0.15, 0.2) is 91.0 Å². The highest BCUT2D eigenvalue weighted by Crippen LogP contribution is 2.41. The minimum atomic E-state index is -1.01. The quantitative estimate of drug-likeness (QED) is 0.463. The van der Waals surface area contributed by atoms with Crippen LogP contribution in [0.4, 0.5) is 0 Å². The first kappa shape index (κ1) is 16.5. The maximum Gasteiger partial charge on any atom is 0.290 e. The average Bonchev–Trinajstić information content (AvgIpc) is 2.64. The van der Waals surface area contributed by atoms with Gasteiger partial charge in [0.2, 0.25) is 0 Å². The van der Waals surface area contributed by atoms with Gasteiger partial charge in [-0.05, 0) is 42.7 Å². The van der Waals surface area contributed by atoms with Crippen LogP contribution in [0.5, 0.6) is 11.5 Å². The lowest BCUT2D eigenvalue weighted by Gasteiger charge is -2.18. The van der Waals surface area contributed by atoms with Crippen LogP contribution in [0.3, 0.4) is 0 Å². The van der Waals surface area contributed by atoms with Gasteiger partial charge < -0.3 is 9.05 Å². The standard InChI is InChI=1S/C21H21O2P/c1-4-11-19(12-5-1)13-10-18-24(22-20-14-6-2-7-15-20)23-21-16-8-3-9-17-21/h1-9,11-12,14-17H,10,13,18H2. The maximum absolute atomic E-state index is 6.10. The second kappa shape index (κ2) is 9.10. The second-order valence-electron chi connectivity index (χ2n) is 5.45. The van der Waals surface area contributed by atoms with Gasteiger partial charge in [-0.25, -0.2) is 0 Å². The van der Waals surface area contributed by atoms with Crippen LogP contribution in [0.2, 0.25) is 0 Å². The molecule has 24 heavy (non-hydrogen) atoms. The monoisotopic (exact) mass is 336 g/mol.